The largest absolute Gasteiger partial charge is 0.490 e. The highest BCUT2D eigenvalue weighted by atomic mass is 32.1. The lowest BCUT2D eigenvalue weighted by molar-refractivity contribution is 0.363. The summed E-state index contributed by atoms with van der Waals surface area (Å²) in [5, 5.41) is 10.6. The molecule has 1 aromatic heterocycles. The van der Waals surface area contributed by atoms with Crippen molar-refractivity contribution in [1.82, 2.24) is 15.5 Å². The molecule has 3 aromatic rings. The maximum absolute atomic E-state index is 5.45. The van der Waals surface area contributed by atoms with Crippen LogP contribution in [-0.2, 0) is 6.54 Å². The molecule has 0 aliphatic heterocycles. The zero-order valence-corrected chi connectivity index (χ0v) is 15.8. The number of anilines is 1. The molecule has 0 bridgehead atoms. The lowest BCUT2D eigenvalue weighted by atomic mass is 10.1. The van der Waals surface area contributed by atoms with E-state index in [1.165, 1.54) is 0 Å². The SMILES string of the molecule is C=CCOc1ccc(NC(=S)NCc2nc(-c3ccccc3C)no2)cc1. The van der Waals surface area contributed by atoms with Gasteiger partial charge >= 0.3 is 0 Å². The molecule has 0 fully saturated rings. The van der Waals surface area contributed by atoms with Gasteiger partial charge in [0.15, 0.2) is 5.11 Å². The van der Waals surface area contributed by atoms with Gasteiger partial charge in [0.2, 0.25) is 11.7 Å². The lowest BCUT2D eigenvalue weighted by Gasteiger charge is -2.09. The minimum absolute atomic E-state index is 0.339. The average Bonchev–Trinajstić information content (AvgIpc) is 3.15. The first-order valence-corrected chi connectivity index (χ1v) is 8.84. The molecule has 0 amide bonds. The molecule has 6 nitrogen and oxygen atoms in total. The first kappa shape index (κ1) is 18.6. The second-order valence-electron chi connectivity index (χ2n) is 5.76. The number of ether oxygens (including phenoxy) is 1. The molecule has 0 aliphatic carbocycles. The van der Waals surface area contributed by atoms with Crippen LogP contribution in [0.3, 0.4) is 0 Å². The molecule has 27 heavy (non-hydrogen) atoms. The summed E-state index contributed by atoms with van der Waals surface area (Å²) in [5.41, 5.74) is 2.90. The fourth-order valence-electron chi connectivity index (χ4n) is 2.38. The van der Waals surface area contributed by atoms with E-state index in [0.717, 1.165) is 22.6 Å². The first-order chi connectivity index (χ1) is 13.2. The minimum atomic E-state index is 0.339. The number of nitrogens with zero attached hydrogens (tertiary/aromatic N) is 2. The number of nitrogens with one attached hydrogen (secondary N) is 2. The third kappa shape index (κ3) is 5.15. The van der Waals surface area contributed by atoms with Crippen molar-refractivity contribution < 1.29 is 9.26 Å². The standard InChI is InChI=1S/C20H20N4O2S/c1-3-12-25-16-10-8-15(9-11-16)22-20(27)21-13-18-23-19(24-26-18)17-7-5-4-6-14(17)2/h3-11H,1,12-13H2,2H3,(H2,21,22,27). The first-order valence-electron chi connectivity index (χ1n) is 8.43. The predicted molar refractivity (Wildman–Crippen MR) is 110 cm³/mol. The molecular weight excluding hydrogens is 360 g/mol. The van der Waals surface area contributed by atoms with E-state index in [1.807, 2.05) is 55.5 Å². The Morgan fingerprint density at radius 1 is 1.22 bits per heavy atom. The van der Waals surface area contributed by atoms with Gasteiger partial charge in [0, 0.05) is 11.3 Å². The van der Waals surface area contributed by atoms with Crippen LogP contribution < -0.4 is 15.4 Å². The molecular formula is C20H20N4O2S. The molecule has 0 saturated carbocycles. The molecule has 2 aromatic carbocycles. The molecule has 0 aliphatic rings. The van der Waals surface area contributed by atoms with Crippen molar-refractivity contribution in [2.24, 2.45) is 0 Å². The quantitative estimate of drug-likeness (QED) is 0.472. The van der Waals surface area contributed by atoms with E-state index in [0.29, 0.717) is 30.0 Å². The average molecular weight is 380 g/mol. The second-order valence-corrected chi connectivity index (χ2v) is 6.17. The summed E-state index contributed by atoms with van der Waals surface area (Å²) in [7, 11) is 0. The number of aromatic nitrogens is 2. The summed E-state index contributed by atoms with van der Waals surface area (Å²) >= 11 is 5.30. The van der Waals surface area contributed by atoms with Crippen LogP contribution in [-0.4, -0.2) is 21.9 Å². The van der Waals surface area contributed by atoms with Gasteiger partial charge in [-0.3, -0.25) is 0 Å². The third-order valence-electron chi connectivity index (χ3n) is 3.73. The number of rotatable bonds is 7. The van der Waals surface area contributed by atoms with E-state index in [-0.39, 0.29) is 0 Å². The summed E-state index contributed by atoms with van der Waals surface area (Å²) in [4.78, 5) is 4.41. The van der Waals surface area contributed by atoms with Gasteiger partial charge < -0.3 is 19.9 Å². The fourth-order valence-corrected chi connectivity index (χ4v) is 2.57. The van der Waals surface area contributed by atoms with Gasteiger partial charge in [-0.2, -0.15) is 4.98 Å². The highest BCUT2D eigenvalue weighted by Crippen LogP contribution is 2.19. The Morgan fingerprint density at radius 3 is 2.74 bits per heavy atom. The van der Waals surface area contributed by atoms with Gasteiger partial charge in [0.05, 0.1) is 6.54 Å². The number of thiocarbonyl (C=S) groups is 1. The van der Waals surface area contributed by atoms with Gasteiger partial charge in [0.25, 0.3) is 0 Å². The number of benzene rings is 2. The zero-order valence-electron chi connectivity index (χ0n) is 14.9. The molecule has 0 saturated heterocycles. The number of hydrogen-bond acceptors (Lipinski definition) is 5. The monoisotopic (exact) mass is 380 g/mol. The van der Waals surface area contributed by atoms with E-state index in [9.17, 15) is 0 Å². The smallest absolute Gasteiger partial charge is 0.246 e. The summed E-state index contributed by atoms with van der Waals surface area (Å²) in [6.45, 7) is 6.44. The minimum Gasteiger partial charge on any atom is -0.490 e. The van der Waals surface area contributed by atoms with Gasteiger partial charge in [0.1, 0.15) is 12.4 Å². The molecule has 3 rings (SSSR count). The van der Waals surface area contributed by atoms with Gasteiger partial charge in [-0.25, -0.2) is 0 Å². The molecule has 0 unspecified atom stereocenters. The molecule has 0 atom stereocenters. The van der Waals surface area contributed by atoms with Crippen molar-refractivity contribution in [3.63, 3.8) is 0 Å². The zero-order chi connectivity index (χ0) is 19.1. The van der Waals surface area contributed by atoms with Gasteiger partial charge in [-0.05, 0) is 49.0 Å². The summed E-state index contributed by atoms with van der Waals surface area (Å²) in [5.74, 6) is 1.80. The normalized spacial score (nSPS) is 10.3. The number of hydrogen-bond donors (Lipinski definition) is 2. The van der Waals surface area contributed by atoms with Crippen LogP contribution in [0.5, 0.6) is 5.75 Å². The predicted octanol–water partition coefficient (Wildman–Crippen LogP) is 4.10. The van der Waals surface area contributed by atoms with E-state index < -0.39 is 0 Å². The van der Waals surface area contributed by atoms with Crippen LogP contribution in [0.25, 0.3) is 11.4 Å². The molecule has 2 N–H and O–H groups in total. The van der Waals surface area contributed by atoms with Crippen LogP contribution in [0.2, 0.25) is 0 Å². The van der Waals surface area contributed by atoms with Gasteiger partial charge in [-0.15, -0.1) is 0 Å². The Bertz CT molecular complexity index is 922. The maximum atomic E-state index is 5.45. The Labute approximate surface area is 163 Å². The Balaban J connectivity index is 1.52. The lowest BCUT2D eigenvalue weighted by Crippen LogP contribution is -2.27. The Hall–Kier alpha value is -3.19. The van der Waals surface area contributed by atoms with Crippen molar-refractivity contribution in [2.45, 2.75) is 13.5 Å². The number of aryl methyl sites for hydroxylation is 1. The molecule has 0 spiro atoms. The summed E-state index contributed by atoms with van der Waals surface area (Å²) in [6, 6.07) is 15.4. The van der Waals surface area contributed by atoms with E-state index >= 15 is 0 Å². The molecule has 7 heteroatoms. The highest BCUT2D eigenvalue weighted by Gasteiger charge is 2.10. The second kappa shape index (κ2) is 8.95. The van der Waals surface area contributed by atoms with Crippen molar-refractivity contribution in [3.8, 4) is 17.1 Å². The summed E-state index contributed by atoms with van der Waals surface area (Å²) < 4.78 is 10.7. The molecule has 0 radical (unpaired) electrons. The van der Waals surface area contributed by atoms with E-state index in [1.54, 1.807) is 6.08 Å². The van der Waals surface area contributed by atoms with Crippen LogP contribution in [0.1, 0.15) is 11.5 Å². The molecule has 1 heterocycles. The van der Waals surface area contributed by atoms with Crippen LogP contribution >= 0.6 is 12.2 Å². The van der Waals surface area contributed by atoms with Gasteiger partial charge in [-0.1, -0.05) is 42.1 Å². The van der Waals surface area contributed by atoms with Crippen molar-refractivity contribution in [3.05, 3.63) is 72.6 Å². The van der Waals surface area contributed by atoms with E-state index in [4.69, 9.17) is 21.5 Å². The van der Waals surface area contributed by atoms with E-state index in [2.05, 4.69) is 27.4 Å². The Kier molecular flexibility index (Phi) is 6.17. The maximum Gasteiger partial charge on any atom is 0.246 e. The van der Waals surface area contributed by atoms with Crippen LogP contribution in [0.15, 0.2) is 65.7 Å². The third-order valence-corrected chi connectivity index (χ3v) is 3.98. The Morgan fingerprint density at radius 2 is 2.00 bits per heavy atom. The van der Waals surface area contributed by atoms with Crippen molar-refractivity contribution in [2.75, 3.05) is 11.9 Å². The highest BCUT2D eigenvalue weighted by molar-refractivity contribution is 7.80. The van der Waals surface area contributed by atoms with Crippen molar-refractivity contribution in [1.29, 1.82) is 0 Å². The summed E-state index contributed by atoms with van der Waals surface area (Å²) in [6.07, 6.45) is 1.70. The van der Waals surface area contributed by atoms with Crippen molar-refractivity contribution >= 4 is 23.0 Å². The van der Waals surface area contributed by atoms with Crippen LogP contribution in [0, 0.1) is 6.92 Å². The fraction of sp³-hybridized carbons (Fsp3) is 0.150. The topological polar surface area (TPSA) is 72.2 Å². The molecule has 138 valence electrons. The van der Waals surface area contributed by atoms with Crippen LogP contribution in [0.4, 0.5) is 5.69 Å².